The van der Waals surface area contributed by atoms with Crippen molar-refractivity contribution in [2.24, 2.45) is 5.73 Å². The van der Waals surface area contributed by atoms with Crippen molar-refractivity contribution >= 4 is 5.69 Å². The Balaban J connectivity index is 2.07. The zero-order chi connectivity index (χ0) is 11.2. The van der Waals surface area contributed by atoms with Crippen LogP contribution < -0.4 is 10.6 Å². The molecule has 0 saturated heterocycles. The Morgan fingerprint density at radius 3 is 2.81 bits per heavy atom. The van der Waals surface area contributed by atoms with Crippen molar-refractivity contribution in [3.8, 4) is 0 Å². The maximum atomic E-state index is 14.0. The quantitative estimate of drug-likeness (QED) is 0.826. The van der Waals surface area contributed by atoms with Crippen molar-refractivity contribution in [1.82, 2.24) is 0 Å². The summed E-state index contributed by atoms with van der Waals surface area (Å²) in [6, 6.07) is 5.42. The molecule has 2 aliphatic rings. The minimum atomic E-state index is -0.0308. The summed E-state index contributed by atoms with van der Waals surface area (Å²) in [6.45, 7) is 2.42. The molecule has 2 nitrogen and oxygen atoms in total. The van der Waals surface area contributed by atoms with Crippen molar-refractivity contribution < 1.29 is 4.39 Å². The second-order valence-corrected chi connectivity index (χ2v) is 4.98. The lowest BCUT2D eigenvalue weighted by Gasteiger charge is -2.39. The monoisotopic (exact) mass is 220 g/mol. The summed E-state index contributed by atoms with van der Waals surface area (Å²) in [5, 5.41) is 0. The second kappa shape index (κ2) is 3.45. The maximum Gasteiger partial charge on any atom is 0.129 e. The first-order chi connectivity index (χ1) is 7.77. The van der Waals surface area contributed by atoms with Crippen LogP contribution in [-0.4, -0.2) is 19.6 Å². The van der Waals surface area contributed by atoms with Gasteiger partial charge in [-0.2, -0.15) is 0 Å². The van der Waals surface area contributed by atoms with Gasteiger partial charge < -0.3 is 10.6 Å². The minimum Gasteiger partial charge on any atom is -0.369 e. The fraction of sp³-hybridized carbons (Fsp3) is 0.538. The van der Waals surface area contributed by atoms with Crippen LogP contribution in [0.4, 0.5) is 10.1 Å². The lowest BCUT2D eigenvalue weighted by atomic mass is 9.65. The fourth-order valence-electron chi connectivity index (χ4n) is 3.20. The lowest BCUT2D eigenvalue weighted by molar-refractivity contribution is 0.256. The number of fused-ring (bicyclic) bond motifs is 2. The van der Waals surface area contributed by atoms with Crippen LogP contribution in [0.3, 0.4) is 0 Å². The number of anilines is 1. The van der Waals surface area contributed by atoms with Gasteiger partial charge in [-0.3, -0.25) is 0 Å². The highest BCUT2D eigenvalue weighted by molar-refractivity contribution is 5.64. The number of rotatable bonds is 2. The Kier molecular flexibility index (Phi) is 2.18. The molecule has 0 aromatic heterocycles. The van der Waals surface area contributed by atoms with Gasteiger partial charge in [0.05, 0.1) is 0 Å². The van der Waals surface area contributed by atoms with Gasteiger partial charge in [-0.05, 0) is 25.0 Å². The van der Waals surface area contributed by atoms with E-state index in [1.165, 1.54) is 6.42 Å². The summed E-state index contributed by atoms with van der Waals surface area (Å²) >= 11 is 0. The molecule has 2 N–H and O–H groups in total. The first kappa shape index (κ1) is 10.1. The third kappa shape index (κ3) is 1.21. The normalized spacial score (nSPS) is 21.0. The standard InChI is InChI=1S/C13H17FN2/c14-10-3-1-4-11-12(10)13(5-2-6-13)9-16(11)8-7-15/h1,3-4H,2,5-9,15H2. The smallest absolute Gasteiger partial charge is 0.129 e. The molecule has 1 aliphatic heterocycles. The van der Waals surface area contributed by atoms with Crippen molar-refractivity contribution in [3.63, 3.8) is 0 Å². The molecule has 16 heavy (non-hydrogen) atoms. The Bertz CT molecular complexity index is 412. The molecular weight excluding hydrogens is 203 g/mol. The molecule has 1 aromatic rings. The minimum absolute atomic E-state index is 0.0308. The Morgan fingerprint density at radius 1 is 1.38 bits per heavy atom. The van der Waals surface area contributed by atoms with Crippen molar-refractivity contribution in [2.45, 2.75) is 24.7 Å². The molecule has 0 amide bonds. The van der Waals surface area contributed by atoms with Crippen LogP contribution in [0.25, 0.3) is 0 Å². The van der Waals surface area contributed by atoms with Gasteiger partial charge in [0.25, 0.3) is 0 Å². The van der Waals surface area contributed by atoms with E-state index in [0.29, 0.717) is 6.54 Å². The summed E-state index contributed by atoms with van der Waals surface area (Å²) in [5.41, 5.74) is 7.75. The molecule has 1 fully saturated rings. The van der Waals surface area contributed by atoms with Gasteiger partial charge in [0.2, 0.25) is 0 Å². The topological polar surface area (TPSA) is 29.3 Å². The fourth-order valence-corrected chi connectivity index (χ4v) is 3.20. The van der Waals surface area contributed by atoms with Crippen LogP contribution in [0.5, 0.6) is 0 Å². The van der Waals surface area contributed by atoms with E-state index in [1.807, 2.05) is 6.07 Å². The molecule has 0 unspecified atom stereocenters. The average Bonchev–Trinajstić information content (AvgIpc) is 2.55. The van der Waals surface area contributed by atoms with E-state index in [0.717, 1.165) is 37.2 Å². The van der Waals surface area contributed by atoms with E-state index in [2.05, 4.69) is 4.90 Å². The number of benzene rings is 1. The van der Waals surface area contributed by atoms with Crippen LogP contribution in [0.1, 0.15) is 24.8 Å². The molecule has 0 radical (unpaired) electrons. The van der Waals surface area contributed by atoms with E-state index >= 15 is 0 Å². The van der Waals surface area contributed by atoms with Gasteiger partial charge in [0, 0.05) is 36.3 Å². The van der Waals surface area contributed by atoms with Gasteiger partial charge >= 0.3 is 0 Å². The highest BCUT2D eigenvalue weighted by Crippen LogP contribution is 2.53. The zero-order valence-electron chi connectivity index (χ0n) is 9.38. The summed E-state index contributed by atoms with van der Waals surface area (Å²) in [5.74, 6) is -0.0308. The first-order valence-electron chi connectivity index (χ1n) is 6.01. The molecule has 3 rings (SSSR count). The number of halogens is 1. The number of hydrogen-bond acceptors (Lipinski definition) is 2. The number of nitrogens with two attached hydrogens (primary N) is 1. The molecule has 1 saturated carbocycles. The van der Waals surface area contributed by atoms with Crippen molar-refractivity contribution in [1.29, 1.82) is 0 Å². The molecule has 1 spiro atoms. The van der Waals surface area contributed by atoms with Gasteiger partial charge in [-0.25, -0.2) is 4.39 Å². The summed E-state index contributed by atoms with van der Waals surface area (Å²) in [4.78, 5) is 2.25. The van der Waals surface area contributed by atoms with Crippen molar-refractivity contribution in [3.05, 3.63) is 29.6 Å². The molecule has 0 atom stereocenters. The SMILES string of the molecule is NCCN1CC2(CCC2)c2c(F)cccc21. The second-order valence-electron chi connectivity index (χ2n) is 4.98. The third-order valence-electron chi connectivity index (χ3n) is 4.07. The van der Waals surface area contributed by atoms with E-state index in [-0.39, 0.29) is 11.2 Å². The van der Waals surface area contributed by atoms with Crippen LogP contribution >= 0.6 is 0 Å². The van der Waals surface area contributed by atoms with Crippen LogP contribution in [0.2, 0.25) is 0 Å². The van der Waals surface area contributed by atoms with E-state index in [4.69, 9.17) is 5.73 Å². The molecule has 1 aliphatic carbocycles. The average molecular weight is 220 g/mol. The van der Waals surface area contributed by atoms with E-state index in [1.54, 1.807) is 12.1 Å². The van der Waals surface area contributed by atoms with Crippen LogP contribution in [-0.2, 0) is 5.41 Å². The number of nitrogens with zero attached hydrogens (tertiary/aromatic N) is 1. The van der Waals surface area contributed by atoms with Gasteiger partial charge in [0.1, 0.15) is 5.82 Å². The van der Waals surface area contributed by atoms with Gasteiger partial charge in [-0.15, -0.1) is 0 Å². The van der Waals surface area contributed by atoms with E-state index < -0.39 is 0 Å². The molecule has 1 aromatic carbocycles. The van der Waals surface area contributed by atoms with Crippen molar-refractivity contribution in [2.75, 3.05) is 24.5 Å². The highest BCUT2D eigenvalue weighted by atomic mass is 19.1. The molecule has 1 heterocycles. The predicted molar refractivity (Wildman–Crippen MR) is 63.2 cm³/mol. The first-order valence-corrected chi connectivity index (χ1v) is 6.01. The molecule has 3 heteroatoms. The lowest BCUT2D eigenvalue weighted by Crippen LogP contribution is -2.41. The van der Waals surface area contributed by atoms with Gasteiger partial charge in [0.15, 0.2) is 0 Å². The third-order valence-corrected chi connectivity index (χ3v) is 4.07. The summed E-state index contributed by atoms with van der Waals surface area (Å²) in [7, 11) is 0. The molecule has 86 valence electrons. The summed E-state index contributed by atoms with van der Waals surface area (Å²) < 4.78 is 14.0. The number of hydrogen-bond donors (Lipinski definition) is 1. The van der Waals surface area contributed by atoms with Crippen LogP contribution in [0.15, 0.2) is 18.2 Å². The summed E-state index contributed by atoms with van der Waals surface area (Å²) in [6.07, 6.45) is 3.48. The predicted octanol–water partition coefficient (Wildman–Crippen LogP) is 2.03. The van der Waals surface area contributed by atoms with E-state index in [9.17, 15) is 4.39 Å². The Hall–Kier alpha value is -1.09. The van der Waals surface area contributed by atoms with Gasteiger partial charge in [-0.1, -0.05) is 12.5 Å². The zero-order valence-corrected chi connectivity index (χ0v) is 9.38. The largest absolute Gasteiger partial charge is 0.369 e. The Labute approximate surface area is 95.2 Å². The molecule has 0 bridgehead atoms. The highest BCUT2D eigenvalue weighted by Gasteiger charge is 2.48. The van der Waals surface area contributed by atoms with Crippen LogP contribution in [0, 0.1) is 5.82 Å². The maximum absolute atomic E-state index is 14.0. The molecular formula is C13H17FN2. The Morgan fingerprint density at radius 2 is 2.19 bits per heavy atom.